The highest BCUT2D eigenvalue weighted by Crippen LogP contribution is 2.27. The smallest absolute Gasteiger partial charge is 0.257 e. The maximum atomic E-state index is 13.5. The van der Waals surface area contributed by atoms with E-state index in [1.807, 2.05) is 12.1 Å². The lowest BCUT2D eigenvalue weighted by atomic mass is 9.90. The molecule has 2 aromatic carbocycles. The predicted molar refractivity (Wildman–Crippen MR) is 103 cm³/mol. The highest BCUT2D eigenvalue weighted by atomic mass is 19.1. The summed E-state index contributed by atoms with van der Waals surface area (Å²) in [6, 6.07) is 12.3. The van der Waals surface area contributed by atoms with Crippen LogP contribution in [0.1, 0.15) is 35.2 Å². The molecular formula is C22H26FNO3. The second-order valence-corrected chi connectivity index (χ2v) is 6.97. The van der Waals surface area contributed by atoms with E-state index in [1.165, 1.54) is 30.9 Å². The van der Waals surface area contributed by atoms with Gasteiger partial charge in [0.15, 0.2) is 0 Å². The van der Waals surface area contributed by atoms with E-state index >= 15 is 0 Å². The monoisotopic (exact) mass is 371 g/mol. The average Bonchev–Trinajstić information content (AvgIpc) is 2.72. The van der Waals surface area contributed by atoms with Gasteiger partial charge in [0, 0.05) is 13.1 Å². The summed E-state index contributed by atoms with van der Waals surface area (Å²) in [5.74, 6) is 1.32. The summed E-state index contributed by atoms with van der Waals surface area (Å²) in [7, 11) is 3.17. The Labute approximate surface area is 159 Å². The molecule has 4 nitrogen and oxygen atoms in total. The lowest BCUT2D eigenvalue weighted by molar-refractivity contribution is 0.0683. The van der Waals surface area contributed by atoms with E-state index in [4.69, 9.17) is 9.47 Å². The van der Waals surface area contributed by atoms with Gasteiger partial charge in [-0.1, -0.05) is 12.1 Å². The molecule has 0 aromatic heterocycles. The number of amides is 1. The number of hydrogen-bond donors (Lipinski definition) is 0. The molecule has 1 amide bonds. The average molecular weight is 371 g/mol. The molecule has 0 radical (unpaired) electrons. The molecule has 5 heteroatoms. The van der Waals surface area contributed by atoms with Gasteiger partial charge in [0.25, 0.3) is 5.91 Å². The minimum absolute atomic E-state index is 0.153. The molecule has 1 saturated heterocycles. The molecule has 0 bridgehead atoms. The van der Waals surface area contributed by atoms with Crippen molar-refractivity contribution in [1.82, 2.24) is 4.90 Å². The van der Waals surface area contributed by atoms with Gasteiger partial charge in [-0.2, -0.15) is 0 Å². The van der Waals surface area contributed by atoms with Crippen molar-refractivity contribution in [2.75, 3.05) is 27.3 Å². The number of carbonyl (C=O) groups is 1. The third-order valence-corrected chi connectivity index (χ3v) is 5.29. The van der Waals surface area contributed by atoms with Crippen LogP contribution in [0, 0.1) is 11.7 Å². The Kier molecular flexibility index (Phi) is 6.32. The van der Waals surface area contributed by atoms with Crippen molar-refractivity contribution < 1.29 is 18.7 Å². The number of nitrogens with zero attached hydrogens (tertiary/aromatic N) is 1. The van der Waals surface area contributed by atoms with Gasteiger partial charge in [-0.05, 0) is 67.5 Å². The van der Waals surface area contributed by atoms with Crippen molar-refractivity contribution in [3.05, 3.63) is 59.4 Å². The van der Waals surface area contributed by atoms with Crippen molar-refractivity contribution >= 4 is 5.91 Å². The van der Waals surface area contributed by atoms with Gasteiger partial charge in [0.05, 0.1) is 19.8 Å². The van der Waals surface area contributed by atoms with Crippen LogP contribution in [0.25, 0.3) is 0 Å². The molecule has 144 valence electrons. The zero-order valence-corrected chi connectivity index (χ0v) is 15.9. The third kappa shape index (κ3) is 4.79. The molecule has 1 aliphatic heterocycles. The van der Waals surface area contributed by atoms with Crippen LogP contribution in [-0.4, -0.2) is 38.1 Å². The minimum Gasteiger partial charge on any atom is -0.497 e. The summed E-state index contributed by atoms with van der Waals surface area (Å²) in [5.41, 5.74) is 1.60. The summed E-state index contributed by atoms with van der Waals surface area (Å²) in [5, 5.41) is 0. The summed E-state index contributed by atoms with van der Waals surface area (Å²) < 4.78 is 24.0. The number of hydrogen-bond acceptors (Lipinski definition) is 3. The maximum Gasteiger partial charge on any atom is 0.257 e. The molecule has 0 saturated carbocycles. The van der Waals surface area contributed by atoms with Crippen LogP contribution >= 0.6 is 0 Å². The van der Waals surface area contributed by atoms with Crippen LogP contribution in [0.15, 0.2) is 42.5 Å². The summed E-state index contributed by atoms with van der Waals surface area (Å²) in [6.07, 6.45) is 4.08. The van der Waals surface area contributed by atoms with E-state index in [0.29, 0.717) is 30.3 Å². The normalized spacial score (nSPS) is 14.9. The second kappa shape index (κ2) is 8.89. The van der Waals surface area contributed by atoms with Crippen molar-refractivity contribution in [2.24, 2.45) is 5.92 Å². The molecule has 1 aliphatic rings. The standard InChI is InChI=1S/C22H26FNO3/c1-26-19-8-5-16(6-9-19)3-4-17-11-13-24(14-12-17)22(25)20-15-18(23)7-10-21(20)27-2/h5-10,15,17H,3-4,11-14H2,1-2H3. The molecule has 0 atom stereocenters. The Hall–Kier alpha value is -2.56. The molecule has 1 fully saturated rings. The Bertz CT molecular complexity index is 768. The van der Waals surface area contributed by atoms with Crippen LogP contribution in [0.4, 0.5) is 4.39 Å². The van der Waals surface area contributed by atoms with Crippen LogP contribution in [0.5, 0.6) is 11.5 Å². The molecule has 2 aromatic rings. The number of aryl methyl sites for hydroxylation is 1. The molecule has 3 rings (SSSR count). The molecule has 0 unspecified atom stereocenters. The first-order chi connectivity index (χ1) is 13.1. The van der Waals surface area contributed by atoms with E-state index in [1.54, 1.807) is 12.0 Å². The van der Waals surface area contributed by atoms with Gasteiger partial charge in [-0.25, -0.2) is 4.39 Å². The lowest BCUT2D eigenvalue weighted by Crippen LogP contribution is -2.38. The zero-order valence-electron chi connectivity index (χ0n) is 15.9. The summed E-state index contributed by atoms with van der Waals surface area (Å²) in [4.78, 5) is 14.6. The first-order valence-corrected chi connectivity index (χ1v) is 9.36. The quantitative estimate of drug-likeness (QED) is 0.759. The highest BCUT2D eigenvalue weighted by molar-refractivity contribution is 5.97. The lowest BCUT2D eigenvalue weighted by Gasteiger charge is -2.32. The molecule has 0 N–H and O–H groups in total. The highest BCUT2D eigenvalue weighted by Gasteiger charge is 2.25. The molecule has 0 aliphatic carbocycles. The summed E-state index contributed by atoms with van der Waals surface area (Å²) >= 11 is 0. The van der Waals surface area contributed by atoms with E-state index in [0.717, 1.165) is 31.4 Å². The minimum atomic E-state index is -0.423. The number of likely N-dealkylation sites (tertiary alicyclic amines) is 1. The van der Waals surface area contributed by atoms with E-state index in [-0.39, 0.29) is 5.91 Å². The van der Waals surface area contributed by atoms with Crippen molar-refractivity contribution in [1.29, 1.82) is 0 Å². The molecule has 0 spiro atoms. The Morgan fingerprint density at radius 3 is 2.41 bits per heavy atom. The number of carbonyl (C=O) groups excluding carboxylic acids is 1. The number of methoxy groups -OCH3 is 2. The Morgan fingerprint density at radius 2 is 1.78 bits per heavy atom. The molecule has 27 heavy (non-hydrogen) atoms. The third-order valence-electron chi connectivity index (χ3n) is 5.29. The van der Waals surface area contributed by atoms with E-state index < -0.39 is 5.82 Å². The van der Waals surface area contributed by atoms with Crippen LogP contribution < -0.4 is 9.47 Å². The number of piperidine rings is 1. The van der Waals surface area contributed by atoms with Crippen molar-refractivity contribution in [3.8, 4) is 11.5 Å². The predicted octanol–water partition coefficient (Wildman–Crippen LogP) is 4.33. The van der Waals surface area contributed by atoms with Crippen molar-refractivity contribution in [2.45, 2.75) is 25.7 Å². The summed E-state index contributed by atoms with van der Waals surface area (Å²) in [6.45, 7) is 1.40. The van der Waals surface area contributed by atoms with Gasteiger partial charge in [-0.3, -0.25) is 4.79 Å². The number of ether oxygens (including phenoxy) is 2. The van der Waals surface area contributed by atoms with E-state index in [9.17, 15) is 9.18 Å². The fourth-order valence-electron chi connectivity index (χ4n) is 3.61. The zero-order chi connectivity index (χ0) is 19.2. The van der Waals surface area contributed by atoms with Crippen molar-refractivity contribution in [3.63, 3.8) is 0 Å². The topological polar surface area (TPSA) is 38.8 Å². The van der Waals surface area contributed by atoms with Crippen LogP contribution in [0.3, 0.4) is 0 Å². The first-order valence-electron chi connectivity index (χ1n) is 9.36. The Balaban J connectivity index is 1.52. The molecule has 1 heterocycles. The second-order valence-electron chi connectivity index (χ2n) is 6.97. The van der Waals surface area contributed by atoms with Gasteiger partial charge >= 0.3 is 0 Å². The van der Waals surface area contributed by atoms with E-state index in [2.05, 4.69) is 12.1 Å². The van der Waals surface area contributed by atoms with Gasteiger partial charge in [0.2, 0.25) is 0 Å². The Morgan fingerprint density at radius 1 is 1.07 bits per heavy atom. The van der Waals surface area contributed by atoms with Crippen LogP contribution in [-0.2, 0) is 6.42 Å². The van der Waals surface area contributed by atoms with Crippen LogP contribution in [0.2, 0.25) is 0 Å². The number of halogens is 1. The maximum absolute atomic E-state index is 13.5. The fraction of sp³-hybridized carbons (Fsp3) is 0.409. The molecular weight excluding hydrogens is 345 g/mol. The SMILES string of the molecule is COc1ccc(CCC2CCN(C(=O)c3cc(F)ccc3OC)CC2)cc1. The van der Waals surface area contributed by atoms with Gasteiger partial charge in [-0.15, -0.1) is 0 Å². The first kappa shape index (κ1) is 19.2. The van der Waals surface area contributed by atoms with Gasteiger partial charge < -0.3 is 14.4 Å². The largest absolute Gasteiger partial charge is 0.497 e. The van der Waals surface area contributed by atoms with Gasteiger partial charge in [0.1, 0.15) is 17.3 Å². The fourth-order valence-corrected chi connectivity index (χ4v) is 3.61. The number of benzene rings is 2. The number of rotatable bonds is 6.